The lowest BCUT2D eigenvalue weighted by atomic mass is 10.2. The van der Waals surface area contributed by atoms with Crippen molar-refractivity contribution in [3.05, 3.63) is 36.1 Å². The van der Waals surface area contributed by atoms with Crippen LogP contribution >= 0.6 is 0 Å². The van der Waals surface area contributed by atoms with Gasteiger partial charge in [0.05, 0.1) is 6.04 Å². The van der Waals surface area contributed by atoms with E-state index in [1.165, 1.54) is 0 Å². The Hall–Kier alpha value is -2.50. The molecule has 0 bridgehead atoms. The number of benzene rings is 1. The lowest BCUT2D eigenvalue weighted by Gasteiger charge is -2.19. The molecule has 2 N–H and O–H groups in total. The minimum atomic E-state index is -0.524. The van der Waals surface area contributed by atoms with Crippen LogP contribution in [0, 0.1) is 0 Å². The summed E-state index contributed by atoms with van der Waals surface area (Å²) in [5.41, 5.74) is 0.281. The minimum absolute atomic E-state index is 0.0843. The molecule has 6 heteroatoms. The first-order valence-corrected chi connectivity index (χ1v) is 8.49. The van der Waals surface area contributed by atoms with Crippen molar-refractivity contribution in [2.45, 2.75) is 52.2 Å². The van der Waals surface area contributed by atoms with Crippen LogP contribution in [0.1, 0.15) is 52.3 Å². The van der Waals surface area contributed by atoms with Gasteiger partial charge in [0.1, 0.15) is 16.9 Å². The Labute approximate surface area is 147 Å². The van der Waals surface area contributed by atoms with E-state index in [-0.39, 0.29) is 11.9 Å². The van der Waals surface area contributed by atoms with Gasteiger partial charge in [-0.15, -0.1) is 0 Å². The number of carbonyl (C=O) groups is 2. The molecule has 1 heterocycles. The van der Waals surface area contributed by atoms with Gasteiger partial charge in [0.2, 0.25) is 5.91 Å². The highest BCUT2D eigenvalue weighted by atomic mass is 16.6. The summed E-state index contributed by atoms with van der Waals surface area (Å²) in [7, 11) is 0. The van der Waals surface area contributed by atoms with E-state index in [4.69, 9.17) is 9.15 Å². The third-order valence-electron chi connectivity index (χ3n) is 3.50. The van der Waals surface area contributed by atoms with Gasteiger partial charge in [0.25, 0.3) is 0 Å². The molecular weight excluding hydrogens is 320 g/mol. The summed E-state index contributed by atoms with van der Waals surface area (Å²) in [5.74, 6) is 0.639. The maximum atomic E-state index is 12.0. The zero-order valence-corrected chi connectivity index (χ0v) is 15.2. The van der Waals surface area contributed by atoms with E-state index in [0.717, 1.165) is 16.7 Å². The molecule has 0 aliphatic heterocycles. The van der Waals surface area contributed by atoms with Crippen molar-refractivity contribution in [3.63, 3.8) is 0 Å². The summed E-state index contributed by atoms with van der Waals surface area (Å²) >= 11 is 0. The summed E-state index contributed by atoms with van der Waals surface area (Å²) in [4.78, 5) is 23.5. The van der Waals surface area contributed by atoms with Crippen LogP contribution in [-0.4, -0.2) is 24.1 Å². The van der Waals surface area contributed by atoms with Crippen molar-refractivity contribution >= 4 is 23.0 Å². The van der Waals surface area contributed by atoms with Gasteiger partial charge in [-0.1, -0.05) is 18.2 Å². The highest BCUT2D eigenvalue weighted by molar-refractivity contribution is 5.79. The molecule has 0 fully saturated rings. The van der Waals surface area contributed by atoms with E-state index in [0.29, 0.717) is 19.4 Å². The first kappa shape index (κ1) is 18.8. The van der Waals surface area contributed by atoms with Gasteiger partial charge in [-0.3, -0.25) is 4.79 Å². The van der Waals surface area contributed by atoms with Crippen molar-refractivity contribution in [2.24, 2.45) is 0 Å². The average molecular weight is 346 g/mol. The SMILES string of the molecule is CC(NC(=O)CCCNC(=O)OC(C)(C)C)c1cc2ccccc2o1. The predicted octanol–water partition coefficient (Wildman–Crippen LogP) is 3.91. The van der Waals surface area contributed by atoms with Crippen LogP contribution in [0.15, 0.2) is 34.7 Å². The van der Waals surface area contributed by atoms with Crippen molar-refractivity contribution in [1.82, 2.24) is 10.6 Å². The molecule has 2 aromatic rings. The van der Waals surface area contributed by atoms with Crippen LogP contribution < -0.4 is 10.6 Å². The lowest BCUT2D eigenvalue weighted by molar-refractivity contribution is -0.121. The van der Waals surface area contributed by atoms with E-state index in [1.807, 2.05) is 37.3 Å². The molecule has 2 amide bonds. The molecule has 136 valence electrons. The Morgan fingerprint density at radius 3 is 2.64 bits per heavy atom. The number of furan rings is 1. The van der Waals surface area contributed by atoms with Crippen molar-refractivity contribution < 1.29 is 18.7 Å². The molecule has 0 aliphatic carbocycles. The van der Waals surface area contributed by atoms with Gasteiger partial charge in [-0.2, -0.15) is 0 Å². The smallest absolute Gasteiger partial charge is 0.407 e. The van der Waals surface area contributed by atoms with Crippen LogP contribution in [0.2, 0.25) is 0 Å². The fraction of sp³-hybridized carbons (Fsp3) is 0.474. The predicted molar refractivity (Wildman–Crippen MR) is 96.2 cm³/mol. The number of rotatable bonds is 6. The first-order chi connectivity index (χ1) is 11.7. The Balaban J connectivity index is 1.72. The topological polar surface area (TPSA) is 80.6 Å². The molecule has 1 atom stereocenters. The van der Waals surface area contributed by atoms with Crippen LogP contribution in [0.4, 0.5) is 4.79 Å². The molecule has 0 saturated carbocycles. The van der Waals surface area contributed by atoms with E-state index in [1.54, 1.807) is 20.8 Å². The van der Waals surface area contributed by atoms with Crippen LogP contribution in [0.3, 0.4) is 0 Å². The summed E-state index contributed by atoms with van der Waals surface area (Å²) in [5, 5.41) is 6.56. The third-order valence-corrected chi connectivity index (χ3v) is 3.50. The number of ether oxygens (including phenoxy) is 1. The molecule has 6 nitrogen and oxygen atoms in total. The number of fused-ring (bicyclic) bond motifs is 1. The Morgan fingerprint density at radius 2 is 1.96 bits per heavy atom. The summed E-state index contributed by atoms with van der Waals surface area (Å²) in [6, 6.07) is 9.46. The Morgan fingerprint density at radius 1 is 1.24 bits per heavy atom. The largest absolute Gasteiger partial charge is 0.459 e. The standard InChI is InChI=1S/C19H26N2O4/c1-13(16-12-14-8-5-6-9-15(14)24-16)21-17(22)10-7-11-20-18(23)25-19(2,3)4/h5-6,8-9,12-13H,7,10-11H2,1-4H3,(H,20,23)(H,21,22). The third kappa shape index (κ3) is 6.14. The monoisotopic (exact) mass is 346 g/mol. The maximum Gasteiger partial charge on any atom is 0.407 e. The van der Waals surface area contributed by atoms with Gasteiger partial charge in [0, 0.05) is 18.4 Å². The van der Waals surface area contributed by atoms with Crippen LogP contribution in [0.25, 0.3) is 11.0 Å². The molecule has 0 saturated heterocycles. The van der Waals surface area contributed by atoms with E-state index >= 15 is 0 Å². The van der Waals surface area contributed by atoms with Crippen molar-refractivity contribution in [3.8, 4) is 0 Å². The van der Waals surface area contributed by atoms with Crippen LogP contribution in [-0.2, 0) is 9.53 Å². The molecule has 0 spiro atoms. The highest BCUT2D eigenvalue weighted by Gasteiger charge is 2.16. The number of carbonyl (C=O) groups excluding carboxylic acids is 2. The number of alkyl carbamates (subject to hydrolysis) is 1. The lowest BCUT2D eigenvalue weighted by Crippen LogP contribution is -2.33. The first-order valence-electron chi connectivity index (χ1n) is 8.49. The second kappa shape index (κ2) is 8.05. The fourth-order valence-electron chi connectivity index (χ4n) is 2.35. The second-order valence-corrected chi connectivity index (χ2v) is 7.01. The van der Waals surface area contributed by atoms with E-state index in [2.05, 4.69) is 10.6 Å². The average Bonchev–Trinajstić information content (AvgIpc) is 2.94. The number of amides is 2. The van der Waals surface area contributed by atoms with Gasteiger partial charge in [-0.05, 0) is 46.2 Å². The van der Waals surface area contributed by atoms with Gasteiger partial charge in [0.15, 0.2) is 0 Å². The molecule has 1 unspecified atom stereocenters. The second-order valence-electron chi connectivity index (χ2n) is 7.01. The molecule has 0 radical (unpaired) electrons. The van der Waals surface area contributed by atoms with Crippen LogP contribution in [0.5, 0.6) is 0 Å². The van der Waals surface area contributed by atoms with Gasteiger partial charge < -0.3 is 19.8 Å². The number of nitrogens with one attached hydrogen (secondary N) is 2. The molecule has 1 aromatic carbocycles. The molecule has 25 heavy (non-hydrogen) atoms. The number of hydrogen-bond acceptors (Lipinski definition) is 4. The molecule has 0 aliphatic rings. The summed E-state index contributed by atoms with van der Waals surface area (Å²) in [6.07, 6.45) is 0.390. The summed E-state index contributed by atoms with van der Waals surface area (Å²) in [6.45, 7) is 7.69. The quantitative estimate of drug-likeness (QED) is 0.777. The molecular formula is C19H26N2O4. The summed E-state index contributed by atoms with van der Waals surface area (Å²) < 4.78 is 10.9. The number of para-hydroxylation sites is 1. The Bertz CT molecular complexity index is 697. The van der Waals surface area contributed by atoms with Crippen molar-refractivity contribution in [1.29, 1.82) is 0 Å². The van der Waals surface area contributed by atoms with Crippen molar-refractivity contribution in [2.75, 3.05) is 6.54 Å². The zero-order chi connectivity index (χ0) is 18.4. The fourth-order valence-corrected chi connectivity index (χ4v) is 2.35. The van der Waals surface area contributed by atoms with E-state index in [9.17, 15) is 9.59 Å². The molecule has 1 aromatic heterocycles. The number of hydrogen-bond donors (Lipinski definition) is 2. The minimum Gasteiger partial charge on any atom is -0.459 e. The normalized spacial score (nSPS) is 12.6. The van der Waals surface area contributed by atoms with Gasteiger partial charge >= 0.3 is 6.09 Å². The molecule has 2 rings (SSSR count). The van der Waals surface area contributed by atoms with E-state index < -0.39 is 11.7 Å². The van der Waals surface area contributed by atoms with Gasteiger partial charge in [-0.25, -0.2) is 4.79 Å². The maximum absolute atomic E-state index is 12.0. The highest BCUT2D eigenvalue weighted by Crippen LogP contribution is 2.23. The Kier molecular flexibility index (Phi) is 6.07. The zero-order valence-electron chi connectivity index (χ0n) is 15.2.